The van der Waals surface area contributed by atoms with E-state index >= 15 is 0 Å². The SMILES string of the molecule is CC(=O)OC[C@H]1O[C@H](O[C@@H]2[C@@H](NC(=O)OCC(Cl)(Cl)Cl)[C@H](Sc3cccc4ccccc34)O[C@@H]3COC(c4ccccc4)O[C@@H]23)[C@H](N=Cc2ccccc2C(F)(F)F)[C@@H](OC(C)=O)[C@@H]1OC(C)=O. The maximum atomic E-state index is 14.3. The average molecular weight is 1030 g/mol. The van der Waals surface area contributed by atoms with Crippen LogP contribution in [-0.2, 0) is 63.2 Å². The molecule has 1 unspecified atom stereocenters. The number of nitrogens with one attached hydrogen (secondary N) is 1. The minimum atomic E-state index is -4.82. The van der Waals surface area contributed by atoms with Crippen LogP contribution >= 0.6 is 46.6 Å². The fourth-order valence-electron chi connectivity index (χ4n) is 7.86. The molecule has 1 N–H and O–H groups in total. The molecule has 3 aliphatic heterocycles. The number of nitrogens with zero attached hydrogens (tertiary/aromatic N) is 1. The van der Waals surface area contributed by atoms with Crippen LogP contribution in [0.25, 0.3) is 10.8 Å². The van der Waals surface area contributed by atoms with E-state index in [0.717, 1.165) is 43.8 Å². The molecule has 15 nitrogen and oxygen atoms in total. The molecule has 3 heterocycles. The van der Waals surface area contributed by atoms with E-state index in [-0.39, 0.29) is 6.61 Å². The number of carbonyl (C=O) groups is 4. The molecule has 4 aromatic rings. The number of ether oxygens (including phenoxy) is 9. The molecule has 1 amide bonds. The Morgan fingerprint density at radius 1 is 0.794 bits per heavy atom. The zero-order valence-electron chi connectivity index (χ0n) is 36.2. The highest BCUT2D eigenvalue weighted by molar-refractivity contribution is 8.00. The van der Waals surface area contributed by atoms with Gasteiger partial charge in [-0.3, -0.25) is 19.4 Å². The van der Waals surface area contributed by atoms with Gasteiger partial charge in [-0.25, -0.2) is 4.79 Å². The van der Waals surface area contributed by atoms with Crippen LogP contribution in [0, 0.1) is 0 Å². The van der Waals surface area contributed by atoms with Crippen molar-refractivity contribution in [3.8, 4) is 0 Å². The van der Waals surface area contributed by atoms with Crippen molar-refractivity contribution in [2.24, 2.45) is 4.99 Å². The Labute approximate surface area is 407 Å². The maximum absolute atomic E-state index is 14.3. The van der Waals surface area contributed by atoms with Crippen LogP contribution in [0.15, 0.2) is 107 Å². The molecule has 7 rings (SSSR count). The standard InChI is InChI=1S/C46H44Cl3F3N2O13S/c1-24(55)59-21-32-37(62-25(2)56)39(63-26(3)57)35(53-20-29-15-8-10-18-31(29)46(50,51)52)42(64-32)67-40-36(54-44(58)61-23-45(47,48)49)43(68-34-19-11-16-27-12-7-9-17-30(27)34)65-33-22-60-41(66-38(33)40)28-13-5-4-6-14-28/h4-20,32-33,35-43H,21-23H2,1-3H3,(H,54,58)/t32-,33-,35-,36-,37-,38-,39-,40-,41?,42-,43+/m1/s1. The highest BCUT2D eigenvalue weighted by atomic mass is 35.6. The summed E-state index contributed by atoms with van der Waals surface area (Å²) in [6, 6.07) is 23.7. The first-order valence-electron chi connectivity index (χ1n) is 20.9. The molecule has 364 valence electrons. The lowest BCUT2D eigenvalue weighted by Crippen LogP contribution is -2.69. The van der Waals surface area contributed by atoms with Crippen LogP contribution in [0.1, 0.15) is 43.8 Å². The molecule has 3 fully saturated rings. The first-order valence-corrected chi connectivity index (χ1v) is 23.0. The lowest BCUT2D eigenvalue weighted by Gasteiger charge is -2.51. The second kappa shape index (κ2) is 22.4. The maximum Gasteiger partial charge on any atom is 0.417 e. The van der Waals surface area contributed by atoms with Crippen LogP contribution in [-0.4, -0.2) is 114 Å². The molecule has 68 heavy (non-hydrogen) atoms. The fourth-order valence-corrected chi connectivity index (χ4v) is 9.31. The monoisotopic (exact) mass is 1030 g/mol. The molecular formula is C46H44Cl3F3N2O13S. The predicted octanol–water partition coefficient (Wildman–Crippen LogP) is 8.28. The van der Waals surface area contributed by atoms with Crippen LogP contribution in [0.2, 0.25) is 0 Å². The number of carbonyl (C=O) groups excluding carboxylic acids is 4. The molecule has 22 heteroatoms. The Balaban J connectivity index is 1.38. The summed E-state index contributed by atoms with van der Waals surface area (Å²) in [5.74, 6) is -2.56. The van der Waals surface area contributed by atoms with E-state index in [1.165, 1.54) is 30.0 Å². The first kappa shape index (κ1) is 51.2. The van der Waals surface area contributed by atoms with E-state index in [1.807, 2.05) is 42.5 Å². The number of benzene rings is 4. The predicted molar refractivity (Wildman–Crippen MR) is 241 cm³/mol. The second-order valence-electron chi connectivity index (χ2n) is 15.6. The Morgan fingerprint density at radius 3 is 2.18 bits per heavy atom. The molecule has 0 bridgehead atoms. The number of fused-ring (bicyclic) bond motifs is 2. The molecule has 0 radical (unpaired) electrons. The van der Waals surface area contributed by atoms with Crippen LogP contribution in [0.5, 0.6) is 0 Å². The average Bonchev–Trinajstić information content (AvgIpc) is 3.28. The highest BCUT2D eigenvalue weighted by Crippen LogP contribution is 2.43. The summed E-state index contributed by atoms with van der Waals surface area (Å²) in [5.41, 5.74) is -1.92. The third-order valence-electron chi connectivity index (χ3n) is 10.7. The van der Waals surface area contributed by atoms with E-state index in [9.17, 15) is 32.3 Å². The van der Waals surface area contributed by atoms with E-state index in [2.05, 4.69) is 10.3 Å². The van der Waals surface area contributed by atoms with Gasteiger partial charge in [-0.1, -0.05) is 131 Å². The van der Waals surface area contributed by atoms with Crippen molar-refractivity contribution in [1.29, 1.82) is 0 Å². The first-order chi connectivity index (χ1) is 32.3. The van der Waals surface area contributed by atoms with Crippen molar-refractivity contribution in [2.45, 2.75) is 102 Å². The Morgan fingerprint density at radius 2 is 1.47 bits per heavy atom. The lowest BCUT2D eigenvalue weighted by molar-refractivity contribution is -0.343. The van der Waals surface area contributed by atoms with Gasteiger partial charge in [0.1, 0.15) is 49.1 Å². The Kier molecular flexibility index (Phi) is 16.8. The van der Waals surface area contributed by atoms with Crippen molar-refractivity contribution in [3.05, 3.63) is 114 Å². The van der Waals surface area contributed by atoms with Crippen LogP contribution < -0.4 is 5.32 Å². The van der Waals surface area contributed by atoms with Gasteiger partial charge >= 0.3 is 30.2 Å². The molecule has 0 spiro atoms. The van der Waals surface area contributed by atoms with Crippen molar-refractivity contribution in [1.82, 2.24) is 5.32 Å². The molecule has 11 atom stereocenters. The molecule has 0 saturated carbocycles. The number of esters is 3. The number of thioether (sulfide) groups is 1. The smallest absolute Gasteiger partial charge is 0.417 e. The number of aliphatic imine (C=N–C) groups is 1. The number of amides is 1. The van der Waals surface area contributed by atoms with Gasteiger partial charge in [0, 0.05) is 43.0 Å². The quantitative estimate of drug-likeness (QED) is 0.0586. The van der Waals surface area contributed by atoms with Crippen molar-refractivity contribution in [3.63, 3.8) is 0 Å². The number of hydrogen-bond donors (Lipinski definition) is 1. The van der Waals surface area contributed by atoms with Crippen molar-refractivity contribution < 1.29 is 75.0 Å². The highest BCUT2D eigenvalue weighted by Gasteiger charge is 2.57. The lowest BCUT2D eigenvalue weighted by atomic mass is 9.94. The van der Waals surface area contributed by atoms with Gasteiger partial charge in [0.15, 0.2) is 24.8 Å². The second-order valence-corrected chi connectivity index (χ2v) is 19.3. The van der Waals surface area contributed by atoms with Gasteiger partial charge in [0.25, 0.3) is 0 Å². The fraction of sp³-hybridized carbons (Fsp3) is 0.413. The number of hydrogen-bond acceptors (Lipinski definition) is 15. The summed E-state index contributed by atoms with van der Waals surface area (Å²) in [5, 5.41) is 4.51. The molecule has 0 aromatic heterocycles. The van der Waals surface area contributed by atoms with Crippen LogP contribution in [0.4, 0.5) is 18.0 Å². The zero-order valence-corrected chi connectivity index (χ0v) is 39.3. The Bertz CT molecular complexity index is 2450. The van der Waals surface area contributed by atoms with Crippen molar-refractivity contribution >= 4 is 87.6 Å². The van der Waals surface area contributed by atoms with E-state index in [0.29, 0.717) is 10.5 Å². The number of halogens is 6. The number of alkyl carbamates (subject to hydrolysis) is 1. The molecular weight excluding hydrogens is 984 g/mol. The summed E-state index contributed by atoms with van der Waals surface area (Å²) in [6.45, 7) is 1.88. The third-order valence-corrected chi connectivity index (χ3v) is 12.2. The summed E-state index contributed by atoms with van der Waals surface area (Å²) in [6.07, 6.45) is -16.0. The summed E-state index contributed by atoms with van der Waals surface area (Å²) in [7, 11) is 0. The molecule has 3 saturated heterocycles. The largest absolute Gasteiger partial charge is 0.463 e. The minimum absolute atomic E-state index is 0.0812. The van der Waals surface area contributed by atoms with Gasteiger partial charge < -0.3 is 47.9 Å². The number of rotatable bonds is 13. The Hall–Kier alpha value is -4.70. The van der Waals surface area contributed by atoms with Crippen LogP contribution in [0.3, 0.4) is 0 Å². The normalized spacial score (nSPS) is 27.5. The molecule has 3 aliphatic rings. The zero-order chi connectivity index (χ0) is 48.8. The van der Waals surface area contributed by atoms with Gasteiger partial charge in [-0.05, 0) is 22.9 Å². The minimum Gasteiger partial charge on any atom is -0.463 e. The summed E-state index contributed by atoms with van der Waals surface area (Å²) < 4.78 is 96.0. The summed E-state index contributed by atoms with van der Waals surface area (Å²) >= 11 is 19.1. The van der Waals surface area contributed by atoms with E-state index in [4.69, 9.17) is 77.4 Å². The van der Waals surface area contributed by atoms with E-state index in [1.54, 1.807) is 30.3 Å². The van der Waals surface area contributed by atoms with Gasteiger partial charge in [-0.2, -0.15) is 13.2 Å². The van der Waals surface area contributed by atoms with Gasteiger partial charge in [0.2, 0.25) is 3.79 Å². The van der Waals surface area contributed by atoms with Gasteiger partial charge in [0.05, 0.1) is 18.2 Å². The topological polar surface area (TPSA) is 176 Å². The molecule has 4 aromatic carbocycles. The molecule has 0 aliphatic carbocycles. The van der Waals surface area contributed by atoms with Crippen molar-refractivity contribution in [2.75, 3.05) is 19.8 Å². The van der Waals surface area contributed by atoms with E-state index < -0.39 is 125 Å². The van der Waals surface area contributed by atoms with Gasteiger partial charge in [-0.15, -0.1) is 0 Å². The number of alkyl halides is 6. The third kappa shape index (κ3) is 13.1. The summed E-state index contributed by atoms with van der Waals surface area (Å²) in [4.78, 5) is 56.8.